The molecule has 0 aromatic carbocycles. The molecule has 0 saturated carbocycles. The zero-order chi connectivity index (χ0) is 14.9. The van der Waals surface area contributed by atoms with Crippen LogP contribution in [0.25, 0.3) is 0 Å². The first-order valence-electron chi connectivity index (χ1n) is 6.37. The molecule has 2 rings (SSSR count). The van der Waals surface area contributed by atoms with Crippen LogP contribution in [0.1, 0.15) is 36.8 Å². The summed E-state index contributed by atoms with van der Waals surface area (Å²) < 4.78 is 2.64. The Balaban J connectivity index is 2.26. The van der Waals surface area contributed by atoms with Gasteiger partial charge in [0.1, 0.15) is 11.2 Å². The van der Waals surface area contributed by atoms with Gasteiger partial charge >= 0.3 is 5.97 Å². The van der Waals surface area contributed by atoms with Crippen LogP contribution in [0, 0.1) is 0 Å². The minimum absolute atomic E-state index is 0.126. The molecule has 1 aliphatic heterocycles. The largest absolute Gasteiger partial charge is 0.479 e. The summed E-state index contributed by atoms with van der Waals surface area (Å²) in [5, 5.41) is 12.1. The van der Waals surface area contributed by atoms with Gasteiger partial charge in [0, 0.05) is 22.5 Å². The van der Waals surface area contributed by atoms with Crippen LogP contribution in [0.15, 0.2) is 16.7 Å². The second-order valence-corrected chi connectivity index (χ2v) is 7.21. The summed E-state index contributed by atoms with van der Waals surface area (Å²) in [7, 11) is 0. The lowest BCUT2D eigenvalue weighted by Gasteiger charge is -2.25. The summed E-state index contributed by atoms with van der Waals surface area (Å²) in [6, 6.07) is 1.84. The zero-order valence-electron chi connectivity index (χ0n) is 11.4. The van der Waals surface area contributed by atoms with Crippen LogP contribution >= 0.6 is 27.7 Å². The van der Waals surface area contributed by atoms with Gasteiger partial charge in [-0.25, -0.2) is 4.79 Å². The summed E-state index contributed by atoms with van der Waals surface area (Å²) >= 11 is 4.90. The number of carboxylic acid groups (broad SMARTS) is 1. The average Bonchev–Trinajstić information content (AvgIpc) is 2.96. The fourth-order valence-electron chi connectivity index (χ4n) is 2.22. The van der Waals surface area contributed by atoms with E-state index in [4.69, 9.17) is 0 Å². The van der Waals surface area contributed by atoms with Crippen LogP contribution in [-0.2, 0) is 4.79 Å². The van der Waals surface area contributed by atoms with E-state index in [2.05, 4.69) is 21.2 Å². The van der Waals surface area contributed by atoms with E-state index >= 15 is 0 Å². The molecule has 110 valence electrons. The van der Waals surface area contributed by atoms with Crippen molar-refractivity contribution in [1.29, 1.82) is 0 Å². The fourth-order valence-corrected chi connectivity index (χ4v) is 3.98. The lowest BCUT2D eigenvalue weighted by Crippen LogP contribution is -2.55. The van der Waals surface area contributed by atoms with Gasteiger partial charge in [0.05, 0.1) is 0 Å². The number of nitrogens with zero attached hydrogens (tertiary/aromatic N) is 1. The zero-order valence-corrected chi connectivity index (χ0v) is 13.8. The highest BCUT2D eigenvalue weighted by molar-refractivity contribution is 9.10. The molecular formula is C13H17BrN2O3S. The molecular weight excluding hydrogens is 344 g/mol. The van der Waals surface area contributed by atoms with Crippen LogP contribution in [0.3, 0.4) is 0 Å². The van der Waals surface area contributed by atoms with E-state index in [0.29, 0.717) is 17.9 Å². The van der Waals surface area contributed by atoms with Gasteiger partial charge in [0.25, 0.3) is 5.91 Å². The topological polar surface area (TPSA) is 71.3 Å². The molecule has 0 radical (unpaired) electrons. The molecule has 1 atom stereocenters. The van der Waals surface area contributed by atoms with Gasteiger partial charge in [-0.2, -0.15) is 11.8 Å². The Morgan fingerprint density at radius 3 is 2.75 bits per heavy atom. The van der Waals surface area contributed by atoms with Crippen molar-refractivity contribution in [3.05, 3.63) is 22.4 Å². The number of amides is 1. The Morgan fingerprint density at radius 1 is 1.55 bits per heavy atom. The third-order valence-corrected chi connectivity index (χ3v) is 5.01. The van der Waals surface area contributed by atoms with Gasteiger partial charge in [-0.3, -0.25) is 4.79 Å². The van der Waals surface area contributed by atoms with Crippen molar-refractivity contribution in [3.8, 4) is 0 Å². The first kappa shape index (κ1) is 15.4. The number of carbonyl (C=O) groups is 2. The number of thioether (sulfide) groups is 1. The Morgan fingerprint density at radius 2 is 2.25 bits per heavy atom. The normalized spacial score (nSPS) is 22.2. The van der Waals surface area contributed by atoms with E-state index < -0.39 is 11.5 Å². The van der Waals surface area contributed by atoms with E-state index in [-0.39, 0.29) is 11.9 Å². The van der Waals surface area contributed by atoms with Gasteiger partial charge < -0.3 is 15.0 Å². The molecule has 2 N–H and O–H groups in total. The molecule has 0 bridgehead atoms. The van der Waals surface area contributed by atoms with E-state index in [9.17, 15) is 14.7 Å². The fraction of sp³-hybridized carbons (Fsp3) is 0.538. The van der Waals surface area contributed by atoms with E-state index in [1.54, 1.807) is 17.8 Å². The Kier molecular flexibility index (Phi) is 4.49. The number of rotatable bonds is 4. The van der Waals surface area contributed by atoms with Crippen LogP contribution in [0.4, 0.5) is 0 Å². The number of hydrogen-bond donors (Lipinski definition) is 2. The third kappa shape index (κ3) is 2.88. The minimum atomic E-state index is -1.14. The van der Waals surface area contributed by atoms with Crippen LogP contribution < -0.4 is 5.32 Å². The van der Waals surface area contributed by atoms with Gasteiger partial charge in [0.15, 0.2) is 0 Å². The van der Waals surface area contributed by atoms with Crippen LogP contribution in [0.2, 0.25) is 0 Å². The van der Waals surface area contributed by atoms with E-state index in [1.807, 2.05) is 24.6 Å². The first-order valence-corrected chi connectivity index (χ1v) is 8.31. The van der Waals surface area contributed by atoms with E-state index in [0.717, 1.165) is 10.2 Å². The second-order valence-electron chi connectivity index (χ2n) is 5.19. The van der Waals surface area contributed by atoms with Crippen molar-refractivity contribution in [1.82, 2.24) is 9.88 Å². The maximum absolute atomic E-state index is 12.4. The number of aromatic nitrogens is 1. The number of hydrogen-bond acceptors (Lipinski definition) is 3. The van der Waals surface area contributed by atoms with Crippen LogP contribution in [-0.4, -0.2) is 38.6 Å². The maximum Gasteiger partial charge on any atom is 0.330 e. The highest BCUT2D eigenvalue weighted by Crippen LogP contribution is 2.29. The van der Waals surface area contributed by atoms with Crippen molar-refractivity contribution >= 4 is 39.6 Å². The standard InChI is InChI=1S/C13H17BrN2O3S/c1-8(2)16-6-9(14)5-10(16)11(17)15-13(12(18)19)3-4-20-7-13/h5-6,8H,3-4,7H2,1-2H3,(H,15,17)(H,18,19)/t13-/m0/s1. The lowest BCUT2D eigenvalue weighted by molar-refractivity contribution is -0.143. The van der Waals surface area contributed by atoms with E-state index in [1.165, 1.54) is 0 Å². The Bertz CT molecular complexity index is 536. The highest BCUT2D eigenvalue weighted by atomic mass is 79.9. The lowest BCUT2D eigenvalue weighted by atomic mass is 9.99. The van der Waals surface area contributed by atoms with Crippen molar-refractivity contribution < 1.29 is 14.7 Å². The smallest absolute Gasteiger partial charge is 0.330 e. The second kappa shape index (κ2) is 5.81. The SMILES string of the molecule is CC(C)n1cc(Br)cc1C(=O)N[C@@]1(C(=O)O)CCSC1. The molecule has 20 heavy (non-hydrogen) atoms. The number of nitrogens with one attached hydrogen (secondary N) is 1. The Hall–Kier alpha value is -0.950. The number of carbonyl (C=O) groups excluding carboxylic acids is 1. The molecule has 1 fully saturated rings. The number of carboxylic acids is 1. The van der Waals surface area contributed by atoms with Crippen molar-refractivity contribution in [2.45, 2.75) is 31.8 Å². The molecule has 1 amide bonds. The quantitative estimate of drug-likeness (QED) is 0.865. The van der Waals surface area contributed by atoms with Gasteiger partial charge in [0.2, 0.25) is 0 Å². The molecule has 0 unspecified atom stereocenters. The monoisotopic (exact) mass is 360 g/mol. The molecule has 5 nitrogen and oxygen atoms in total. The van der Waals surface area contributed by atoms with Crippen molar-refractivity contribution in [2.75, 3.05) is 11.5 Å². The Labute approximate surface area is 130 Å². The summed E-state index contributed by atoms with van der Waals surface area (Å²) in [6.07, 6.45) is 2.29. The molecule has 1 saturated heterocycles. The first-order chi connectivity index (χ1) is 9.35. The summed E-state index contributed by atoms with van der Waals surface area (Å²) in [6.45, 7) is 3.95. The molecule has 1 aliphatic rings. The summed E-state index contributed by atoms with van der Waals surface area (Å²) in [5.41, 5.74) is -0.662. The molecule has 1 aromatic rings. The molecule has 2 heterocycles. The molecule has 0 spiro atoms. The minimum Gasteiger partial charge on any atom is -0.479 e. The third-order valence-electron chi connectivity index (χ3n) is 3.39. The molecule has 0 aliphatic carbocycles. The average molecular weight is 361 g/mol. The van der Waals surface area contributed by atoms with Crippen LogP contribution in [0.5, 0.6) is 0 Å². The van der Waals surface area contributed by atoms with Gasteiger partial charge in [-0.1, -0.05) is 0 Å². The number of aliphatic carboxylic acids is 1. The highest BCUT2D eigenvalue weighted by Gasteiger charge is 2.43. The maximum atomic E-state index is 12.4. The molecule has 1 aromatic heterocycles. The van der Waals surface area contributed by atoms with Gasteiger partial charge in [-0.15, -0.1) is 0 Å². The number of halogens is 1. The predicted octanol–water partition coefficient (Wildman–Crippen LogP) is 2.52. The van der Waals surface area contributed by atoms with Gasteiger partial charge in [-0.05, 0) is 48.0 Å². The summed E-state index contributed by atoms with van der Waals surface area (Å²) in [5.74, 6) is -0.133. The predicted molar refractivity (Wildman–Crippen MR) is 82.3 cm³/mol. The van der Waals surface area contributed by atoms with Crippen molar-refractivity contribution in [3.63, 3.8) is 0 Å². The molecule has 7 heteroatoms. The van der Waals surface area contributed by atoms with Crippen molar-refractivity contribution in [2.24, 2.45) is 0 Å². The summed E-state index contributed by atoms with van der Waals surface area (Å²) in [4.78, 5) is 23.9.